The van der Waals surface area contributed by atoms with Crippen LogP contribution in [0.5, 0.6) is 0 Å². The molecule has 28 heavy (non-hydrogen) atoms. The molecule has 0 aliphatic carbocycles. The summed E-state index contributed by atoms with van der Waals surface area (Å²) in [6.45, 7) is 0.733. The Balaban J connectivity index is 1.93. The lowest BCUT2D eigenvalue weighted by atomic mass is 10.2. The molecule has 1 aromatic carbocycles. The van der Waals surface area contributed by atoms with Crippen molar-refractivity contribution in [2.24, 2.45) is 12.1 Å². The molecule has 3 rings (SSSR count). The third kappa shape index (κ3) is 4.29. The Kier molecular flexibility index (Phi) is 6.22. The highest BCUT2D eigenvalue weighted by molar-refractivity contribution is 9.12. The molecule has 0 fully saturated rings. The van der Waals surface area contributed by atoms with Gasteiger partial charge in [0.1, 0.15) is 0 Å². The van der Waals surface area contributed by atoms with Crippen LogP contribution in [0, 0.1) is 0 Å². The lowest BCUT2D eigenvalue weighted by Gasteiger charge is -2.07. The SMILES string of the molecule is COCCn1c(N/N=C\C(Br)=Cc2ccccc2)nc2c1c(=O)[nH]c(=O)n2C. The van der Waals surface area contributed by atoms with Crippen molar-refractivity contribution >= 4 is 45.3 Å². The number of benzene rings is 1. The number of H-pyrrole nitrogens is 1. The van der Waals surface area contributed by atoms with E-state index in [9.17, 15) is 9.59 Å². The summed E-state index contributed by atoms with van der Waals surface area (Å²) in [5, 5.41) is 4.17. The number of hydrazone groups is 1. The molecular weight excluding hydrogens is 428 g/mol. The number of imidazole rings is 1. The average molecular weight is 447 g/mol. The van der Waals surface area contributed by atoms with E-state index < -0.39 is 11.2 Å². The predicted octanol–water partition coefficient (Wildman–Crippen LogP) is 1.90. The predicted molar refractivity (Wildman–Crippen MR) is 113 cm³/mol. The fraction of sp³-hybridized carbons (Fsp3) is 0.222. The number of nitrogens with zero attached hydrogens (tertiary/aromatic N) is 4. The fourth-order valence-corrected chi connectivity index (χ4v) is 2.98. The van der Waals surface area contributed by atoms with Crippen LogP contribution in [0.15, 0.2) is 49.5 Å². The number of anilines is 1. The van der Waals surface area contributed by atoms with Gasteiger partial charge in [-0.05, 0) is 27.6 Å². The van der Waals surface area contributed by atoms with Crippen LogP contribution >= 0.6 is 15.9 Å². The summed E-state index contributed by atoms with van der Waals surface area (Å²) < 4.78 is 8.76. The molecule has 10 heteroatoms. The molecule has 0 aliphatic rings. The van der Waals surface area contributed by atoms with E-state index in [2.05, 4.69) is 36.4 Å². The average Bonchev–Trinajstić information content (AvgIpc) is 3.04. The number of allylic oxidation sites excluding steroid dienone is 1. The smallest absolute Gasteiger partial charge is 0.329 e. The van der Waals surface area contributed by atoms with E-state index in [4.69, 9.17) is 4.74 Å². The molecule has 146 valence electrons. The molecule has 0 atom stereocenters. The zero-order valence-corrected chi connectivity index (χ0v) is 16.9. The molecule has 0 saturated carbocycles. The van der Waals surface area contributed by atoms with Crippen molar-refractivity contribution in [2.75, 3.05) is 19.1 Å². The highest BCUT2D eigenvalue weighted by Crippen LogP contribution is 2.16. The molecule has 0 bridgehead atoms. The zero-order chi connectivity index (χ0) is 20.1. The summed E-state index contributed by atoms with van der Waals surface area (Å²) >= 11 is 3.44. The number of fused-ring (bicyclic) bond motifs is 1. The number of aryl methyl sites for hydroxylation is 1. The van der Waals surface area contributed by atoms with Crippen LogP contribution in [-0.2, 0) is 18.3 Å². The first-order valence-electron chi connectivity index (χ1n) is 8.41. The minimum absolute atomic E-state index is 0.265. The minimum atomic E-state index is -0.530. The van der Waals surface area contributed by atoms with Gasteiger partial charge in [0.05, 0.1) is 12.8 Å². The Labute approximate surface area is 168 Å². The van der Waals surface area contributed by atoms with Gasteiger partial charge in [0.2, 0.25) is 5.95 Å². The van der Waals surface area contributed by atoms with Crippen molar-refractivity contribution in [1.29, 1.82) is 0 Å². The van der Waals surface area contributed by atoms with E-state index in [1.54, 1.807) is 24.9 Å². The van der Waals surface area contributed by atoms with E-state index in [0.29, 0.717) is 19.1 Å². The van der Waals surface area contributed by atoms with Gasteiger partial charge in [-0.15, -0.1) is 0 Å². The third-order valence-electron chi connectivity index (χ3n) is 3.98. The van der Waals surface area contributed by atoms with Crippen LogP contribution in [-0.4, -0.2) is 39.0 Å². The summed E-state index contributed by atoms with van der Waals surface area (Å²) in [5.74, 6) is 0.329. The fourth-order valence-electron chi connectivity index (χ4n) is 2.62. The molecule has 0 unspecified atom stereocenters. The molecule has 0 saturated heterocycles. The molecule has 0 aliphatic heterocycles. The van der Waals surface area contributed by atoms with Crippen LogP contribution in [0.4, 0.5) is 5.95 Å². The maximum atomic E-state index is 12.3. The maximum absolute atomic E-state index is 12.3. The summed E-state index contributed by atoms with van der Waals surface area (Å²) in [6.07, 6.45) is 3.49. The number of hydrogen-bond acceptors (Lipinski definition) is 6. The molecule has 9 nitrogen and oxygen atoms in total. The molecule has 2 heterocycles. The van der Waals surface area contributed by atoms with Gasteiger partial charge in [-0.3, -0.25) is 14.3 Å². The summed E-state index contributed by atoms with van der Waals surface area (Å²) in [5.41, 5.74) is 3.35. The van der Waals surface area contributed by atoms with E-state index in [-0.39, 0.29) is 11.2 Å². The lowest BCUT2D eigenvalue weighted by Crippen LogP contribution is -2.29. The third-order valence-corrected chi connectivity index (χ3v) is 4.42. The lowest BCUT2D eigenvalue weighted by molar-refractivity contribution is 0.188. The normalized spacial score (nSPS) is 12.2. The molecule has 3 aromatic rings. The monoisotopic (exact) mass is 446 g/mol. The number of halogens is 1. The number of ether oxygens (including phenoxy) is 1. The van der Waals surface area contributed by atoms with Crippen LogP contribution < -0.4 is 16.7 Å². The van der Waals surface area contributed by atoms with E-state index in [1.807, 2.05) is 36.4 Å². The topological polar surface area (TPSA) is 106 Å². The van der Waals surface area contributed by atoms with Crippen LogP contribution in [0.2, 0.25) is 0 Å². The second-order valence-corrected chi connectivity index (χ2v) is 6.80. The Hall–Kier alpha value is -2.98. The van der Waals surface area contributed by atoms with Crippen molar-refractivity contribution in [1.82, 2.24) is 19.1 Å². The zero-order valence-electron chi connectivity index (χ0n) is 15.3. The number of nitrogens with one attached hydrogen (secondary N) is 2. The van der Waals surface area contributed by atoms with E-state index in [0.717, 1.165) is 10.0 Å². The van der Waals surface area contributed by atoms with Gasteiger partial charge < -0.3 is 9.30 Å². The number of aromatic nitrogens is 4. The highest BCUT2D eigenvalue weighted by atomic mass is 79.9. The molecule has 0 spiro atoms. The van der Waals surface area contributed by atoms with Crippen molar-refractivity contribution in [3.05, 3.63) is 61.2 Å². The number of rotatable bonds is 7. The first kappa shape index (κ1) is 19.8. The summed E-state index contributed by atoms with van der Waals surface area (Å²) in [6, 6.07) is 9.78. The molecule has 2 aromatic heterocycles. The minimum Gasteiger partial charge on any atom is -0.383 e. The first-order chi connectivity index (χ1) is 13.5. The van der Waals surface area contributed by atoms with Crippen LogP contribution in [0.1, 0.15) is 5.56 Å². The second-order valence-electron chi connectivity index (χ2n) is 5.88. The Morgan fingerprint density at radius 3 is 2.82 bits per heavy atom. The standard InChI is InChI=1S/C18H19BrN6O3/c1-24-15-14(16(26)22-18(24)27)25(8-9-28-2)17(21-15)23-20-11-13(19)10-12-6-4-3-5-7-12/h3-7,10-11H,8-9H2,1-2H3,(H,21,23)(H,22,26,27)/b13-10?,20-11-. The van der Waals surface area contributed by atoms with Crippen molar-refractivity contribution in [2.45, 2.75) is 6.54 Å². The van der Waals surface area contributed by atoms with Crippen molar-refractivity contribution < 1.29 is 4.74 Å². The van der Waals surface area contributed by atoms with Gasteiger partial charge >= 0.3 is 5.69 Å². The van der Waals surface area contributed by atoms with E-state index >= 15 is 0 Å². The number of aromatic amines is 1. The van der Waals surface area contributed by atoms with Crippen LogP contribution in [0.25, 0.3) is 17.2 Å². The Bertz CT molecular complexity index is 1140. The van der Waals surface area contributed by atoms with Gasteiger partial charge in [-0.1, -0.05) is 30.3 Å². The second kappa shape index (κ2) is 8.81. The first-order valence-corrected chi connectivity index (χ1v) is 9.20. The number of methoxy groups -OCH3 is 1. The van der Waals surface area contributed by atoms with Gasteiger partial charge in [-0.25, -0.2) is 10.2 Å². The van der Waals surface area contributed by atoms with Gasteiger partial charge in [0, 0.05) is 25.2 Å². The molecule has 2 N–H and O–H groups in total. The maximum Gasteiger partial charge on any atom is 0.329 e. The molecule has 0 amide bonds. The largest absolute Gasteiger partial charge is 0.383 e. The Morgan fingerprint density at radius 2 is 2.11 bits per heavy atom. The van der Waals surface area contributed by atoms with Crippen molar-refractivity contribution in [3.63, 3.8) is 0 Å². The van der Waals surface area contributed by atoms with Crippen molar-refractivity contribution in [3.8, 4) is 0 Å². The molecular formula is C18H19BrN6O3. The van der Waals surface area contributed by atoms with E-state index in [1.165, 1.54) is 4.57 Å². The van der Waals surface area contributed by atoms with Gasteiger partial charge in [0.25, 0.3) is 5.56 Å². The van der Waals surface area contributed by atoms with Gasteiger partial charge in [-0.2, -0.15) is 10.1 Å². The van der Waals surface area contributed by atoms with Gasteiger partial charge in [0.15, 0.2) is 11.2 Å². The Morgan fingerprint density at radius 1 is 1.36 bits per heavy atom. The van der Waals surface area contributed by atoms with Crippen LogP contribution in [0.3, 0.4) is 0 Å². The molecule has 0 radical (unpaired) electrons. The summed E-state index contributed by atoms with van der Waals surface area (Å²) in [7, 11) is 3.11. The summed E-state index contributed by atoms with van der Waals surface area (Å²) in [4.78, 5) is 30.8. The highest BCUT2D eigenvalue weighted by Gasteiger charge is 2.16. The number of hydrogen-bond donors (Lipinski definition) is 2. The quantitative estimate of drug-likeness (QED) is 0.425.